The zero-order chi connectivity index (χ0) is 9.38. The first-order chi connectivity index (χ1) is 6.95. The molecule has 0 saturated carbocycles. The zero-order valence-corrected chi connectivity index (χ0v) is 7.14. The molecule has 0 fully saturated rings. The van der Waals surface area contributed by atoms with Crippen LogP contribution in [0.1, 0.15) is 0 Å². The first-order valence-electron chi connectivity index (χ1n) is 4.14. The molecular weight excluding hydrogens is 180 g/mol. The number of nitrogens with one attached hydrogen (secondary N) is 1. The Morgan fingerprint density at radius 1 is 1.29 bits per heavy atom. The van der Waals surface area contributed by atoms with Crippen molar-refractivity contribution in [2.75, 3.05) is 0 Å². The molecule has 0 radical (unpaired) electrons. The van der Waals surface area contributed by atoms with Gasteiger partial charge in [0.1, 0.15) is 0 Å². The quantitative estimate of drug-likeness (QED) is 0.626. The molecule has 0 bridgehead atoms. The molecule has 3 aromatic heterocycles. The van der Waals surface area contributed by atoms with Crippen LogP contribution in [0, 0.1) is 0 Å². The topological polar surface area (TPSA) is 67.6 Å². The molecule has 3 rings (SSSR count). The molecule has 0 amide bonds. The summed E-state index contributed by atoms with van der Waals surface area (Å²) in [6.45, 7) is 0. The van der Waals surface area contributed by atoms with Crippen LogP contribution in [0.15, 0.2) is 35.2 Å². The van der Waals surface area contributed by atoms with Crippen LogP contribution in [0.2, 0.25) is 0 Å². The highest BCUT2D eigenvalue weighted by atomic mass is 16.3. The van der Waals surface area contributed by atoms with Crippen LogP contribution < -0.4 is 0 Å². The number of fused-ring (bicyclic) bond motifs is 1. The average Bonchev–Trinajstić information content (AvgIpc) is 2.88. The maximum atomic E-state index is 5.25. The fourth-order valence-corrected chi connectivity index (χ4v) is 1.37. The van der Waals surface area contributed by atoms with E-state index in [4.69, 9.17) is 4.42 Å². The van der Waals surface area contributed by atoms with E-state index in [1.54, 1.807) is 18.7 Å². The Morgan fingerprint density at radius 2 is 2.29 bits per heavy atom. The van der Waals surface area contributed by atoms with E-state index in [-0.39, 0.29) is 0 Å². The highest BCUT2D eigenvalue weighted by molar-refractivity contribution is 5.88. The summed E-state index contributed by atoms with van der Waals surface area (Å²) in [5.74, 6) is 0.687. The van der Waals surface area contributed by atoms with Crippen molar-refractivity contribution in [1.29, 1.82) is 0 Å². The second-order valence-corrected chi connectivity index (χ2v) is 2.87. The molecule has 0 atom stereocenters. The van der Waals surface area contributed by atoms with E-state index in [0.717, 1.165) is 10.9 Å². The van der Waals surface area contributed by atoms with Crippen LogP contribution in [0.5, 0.6) is 0 Å². The van der Waals surface area contributed by atoms with E-state index >= 15 is 0 Å². The van der Waals surface area contributed by atoms with Crippen molar-refractivity contribution in [3.8, 4) is 11.5 Å². The standard InChI is InChI=1S/C9H6N4O/c1-2-7(14-3-1)9-8-6(4-10-12-8)5-11-13-9/h1-5H,(H,10,12). The van der Waals surface area contributed by atoms with Gasteiger partial charge in [0.15, 0.2) is 11.5 Å². The van der Waals surface area contributed by atoms with Gasteiger partial charge < -0.3 is 4.42 Å². The van der Waals surface area contributed by atoms with Crippen molar-refractivity contribution in [3.63, 3.8) is 0 Å². The number of aromatic nitrogens is 4. The summed E-state index contributed by atoms with van der Waals surface area (Å²) in [6.07, 6.45) is 4.97. The lowest BCUT2D eigenvalue weighted by Crippen LogP contribution is -1.86. The van der Waals surface area contributed by atoms with Crippen LogP contribution >= 0.6 is 0 Å². The monoisotopic (exact) mass is 186 g/mol. The average molecular weight is 186 g/mol. The zero-order valence-electron chi connectivity index (χ0n) is 7.14. The highest BCUT2D eigenvalue weighted by Gasteiger charge is 2.09. The van der Waals surface area contributed by atoms with Gasteiger partial charge in [-0.3, -0.25) is 5.10 Å². The van der Waals surface area contributed by atoms with E-state index in [1.165, 1.54) is 0 Å². The van der Waals surface area contributed by atoms with Crippen molar-refractivity contribution >= 4 is 10.9 Å². The molecule has 0 aliphatic rings. The molecule has 5 nitrogen and oxygen atoms in total. The molecule has 0 spiro atoms. The summed E-state index contributed by atoms with van der Waals surface area (Å²) >= 11 is 0. The Kier molecular flexibility index (Phi) is 1.38. The molecule has 68 valence electrons. The third-order valence-electron chi connectivity index (χ3n) is 2.01. The Labute approximate surface area is 78.8 Å². The number of nitrogens with zero attached hydrogens (tertiary/aromatic N) is 3. The number of hydrogen-bond donors (Lipinski definition) is 1. The summed E-state index contributed by atoms with van der Waals surface area (Å²) in [7, 11) is 0. The number of hydrogen-bond acceptors (Lipinski definition) is 4. The van der Waals surface area contributed by atoms with E-state index in [9.17, 15) is 0 Å². The van der Waals surface area contributed by atoms with Crippen LogP contribution in [0.3, 0.4) is 0 Å². The van der Waals surface area contributed by atoms with Crippen LogP contribution in [0.25, 0.3) is 22.4 Å². The maximum Gasteiger partial charge on any atom is 0.156 e. The Balaban J connectivity index is 2.36. The molecule has 14 heavy (non-hydrogen) atoms. The normalized spacial score (nSPS) is 10.9. The minimum atomic E-state index is 0.685. The van der Waals surface area contributed by atoms with Gasteiger partial charge in [-0.2, -0.15) is 10.2 Å². The first-order valence-corrected chi connectivity index (χ1v) is 4.14. The second-order valence-electron chi connectivity index (χ2n) is 2.87. The van der Waals surface area contributed by atoms with E-state index in [1.807, 2.05) is 12.1 Å². The number of rotatable bonds is 1. The molecule has 1 N–H and O–H groups in total. The van der Waals surface area contributed by atoms with Crippen LogP contribution in [0.4, 0.5) is 0 Å². The SMILES string of the molecule is c1coc(-c2nncc3cn[nH]c23)c1. The van der Waals surface area contributed by atoms with Gasteiger partial charge in [-0.25, -0.2) is 0 Å². The number of H-pyrrole nitrogens is 1. The van der Waals surface area contributed by atoms with Crippen molar-refractivity contribution < 1.29 is 4.42 Å². The molecular formula is C9H6N4O. The molecule has 0 aromatic carbocycles. The van der Waals surface area contributed by atoms with Gasteiger partial charge in [0.25, 0.3) is 0 Å². The van der Waals surface area contributed by atoms with Crippen LogP contribution in [-0.4, -0.2) is 20.4 Å². The highest BCUT2D eigenvalue weighted by Crippen LogP contribution is 2.23. The first kappa shape index (κ1) is 7.25. The molecule has 0 saturated heterocycles. The van der Waals surface area contributed by atoms with Gasteiger partial charge in [0, 0.05) is 5.39 Å². The maximum absolute atomic E-state index is 5.25. The fourth-order valence-electron chi connectivity index (χ4n) is 1.37. The van der Waals surface area contributed by atoms with E-state index in [0.29, 0.717) is 11.5 Å². The number of furan rings is 1. The summed E-state index contributed by atoms with van der Waals surface area (Å²) in [5, 5.41) is 15.6. The Hall–Kier alpha value is -2.17. The van der Waals surface area contributed by atoms with Gasteiger partial charge >= 0.3 is 0 Å². The lowest BCUT2D eigenvalue weighted by Gasteiger charge is -1.94. The predicted molar refractivity (Wildman–Crippen MR) is 49.4 cm³/mol. The van der Waals surface area contributed by atoms with Gasteiger partial charge in [-0.05, 0) is 12.1 Å². The Bertz CT molecular complexity index is 555. The molecule has 5 heteroatoms. The minimum Gasteiger partial charge on any atom is -0.463 e. The lowest BCUT2D eigenvalue weighted by molar-refractivity contribution is 0.579. The van der Waals surface area contributed by atoms with Crippen LogP contribution in [-0.2, 0) is 0 Å². The fraction of sp³-hybridized carbons (Fsp3) is 0. The third kappa shape index (κ3) is 0.922. The lowest BCUT2D eigenvalue weighted by atomic mass is 10.2. The predicted octanol–water partition coefficient (Wildman–Crippen LogP) is 1.61. The summed E-state index contributed by atoms with van der Waals surface area (Å²) < 4.78 is 5.25. The van der Waals surface area contributed by atoms with Gasteiger partial charge in [0.05, 0.1) is 24.2 Å². The van der Waals surface area contributed by atoms with Crippen molar-refractivity contribution in [3.05, 3.63) is 30.8 Å². The van der Waals surface area contributed by atoms with Gasteiger partial charge in [-0.1, -0.05) is 0 Å². The molecule has 0 aliphatic heterocycles. The smallest absolute Gasteiger partial charge is 0.156 e. The molecule has 3 aromatic rings. The minimum absolute atomic E-state index is 0.685. The molecule has 0 unspecified atom stereocenters. The van der Waals surface area contributed by atoms with E-state index in [2.05, 4.69) is 20.4 Å². The van der Waals surface area contributed by atoms with Crippen molar-refractivity contribution in [2.45, 2.75) is 0 Å². The van der Waals surface area contributed by atoms with Crippen molar-refractivity contribution in [1.82, 2.24) is 20.4 Å². The molecule has 0 aliphatic carbocycles. The number of aromatic amines is 1. The van der Waals surface area contributed by atoms with Crippen molar-refractivity contribution in [2.24, 2.45) is 0 Å². The Morgan fingerprint density at radius 3 is 3.14 bits per heavy atom. The largest absolute Gasteiger partial charge is 0.463 e. The third-order valence-corrected chi connectivity index (χ3v) is 2.01. The second kappa shape index (κ2) is 2.66. The summed E-state index contributed by atoms with van der Waals surface area (Å²) in [6, 6.07) is 3.65. The summed E-state index contributed by atoms with van der Waals surface area (Å²) in [4.78, 5) is 0. The summed E-state index contributed by atoms with van der Waals surface area (Å²) in [5.41, 5.74) is 1.53. The van der Waals surface area contributed by atoms with Gasteiger partial charge in [-0.15, -0.1) is 5.10 Å². The van der Waals surface area contributed by atoms with Gasteiger partial charge in [0.2, 0.25) is 0 Å². The molecule has 3 heterocycles. The van der Waals surface area contributed by atoms with E-state index < -0.39 is 0 Å².